The van der Waals surface area contributed by atoms with Gasteiger partial charge in [0.15, 0.2) is 7.37 Å². The Morgan fingerprint density at radius 1 is 1.10 bits per heavy atom. The van der Waals surface area contributed by atoms with Gasteiger partial charge in [-0.15, -0.1) is 0 Å². The second-order valence-corrected chi connectivity index (χ2v) is 12.4. The SMILES string of the molecule is CP(=O)(O)CCCCCC[C@@H]1[C@@H](CCC(O)C2Cc3ccc(F)cc3C2)[C@@H](F)C[C@@H]1O. The van der Waals surface area contributed by atoms with E-state index in [1.807, 2.05) is 0 Å². The van der Waals surface area contributed by atoms with Gasteiger partial charge >= 0.3 is 0 Å². The summed E-state index contributed by atoms with van der Waals surface area (Å²) in [5.74, 6) is -0.538. The van der Waals surface area contributed by atoms with E-state index in [0.29, 0.717) is 31.8 Å². The molecule has 7 heteroatoms. The third-order valence-electron chi connectivity index (χ3n) is 7.31. The largest absolute Gasteiger partial charge is 0.393 e. The molecule has 1 aromatic rings. The molecule has 0 spiro atoms. The molecule has 2 aliphatic rings. The Hall–Kier alpha value is -0.810. The van der Waals surface area contributed by atoms with Crippen LogP contribution in [0.2, 0.25) is 0 Å². The van der Waals surface area contributed by atoms with E-state index in [1.165, 1.54) is 12.7 Å². The minimum Gasteiger partial charge on any atom is -0.393 e. The van der Waals surface area contributed by atoms with E-state index in [9.17, 15) is 28.5 Å². The van der Waals surface area contributed by atoms with Crippen LogP contribution in [0.4, 0.5) is 8.78 Å². The van der Waals surface area contributed by atoms with Crippen LogP contribution in [0.5, 0.6) is 0 Å². The molecule has 0 aromatic heterocycles. The molecule has 0 saturated heterocycles. The predicted molar refractivity (Wildman–Crippen MR) is 119 cm³/mol. The summed E-state index contributed by atoms with van der Waals surface area (Å²) < 4.78 is 39.4. The molecule has 1 saturated carbocycles. The van der Waals surface area contributed by atoms with Crippen molar-refractivity contribution in [2.45, 2.75) is 82.6 Å². The number of aliphatic hydroxyl groups is 2. The third-order valence-corrected chi connectivity index (χ3v) is 8.45. The average Bonchev–Trinajstić information content (AvgIpc) is 3.22. The van der Waals surface area contributed by atoms with Gasteiger partial charge in [0.2, 0.25) is 0 Å². The van der Waals surface area contributed by atoms with Crippen molar-refractivity contribution >= 4 is 7.37 Å². The fourth-order valence-electron chi connectivity index (χ4n) is 5.57. The van der Waals surface area contributed by atoms with Gasteiger partial charge in [-0.2, -0.15) is 0 Å². The smallest absolute Gasteiger partial charge is 0.197 e. The molecule has 7 atom stereocenters. The van der Waals surface area contributed by atoms with Gasteiger partial charge in [-0.1, -0.05) is 25.3 Å². The standard InChI is InChI=1S/C24H37F2O4P/c1-31(29,30)11-5-3-2-4-6-21-20(22(26)15-24(21)28)9-10-23(27)18-12-16-7-8-19(25)14-17(16)13-18/h7-8,14,18,20-24,27-28H,2-6,9-13,15H2,1H3,(H,29,30)/t18?,20-,21-,22+,23?,24+/m1/s1. The summed E-state index contributed by atoms with van der Waals surface area (Å²) in [5, 5.41) is 21.1. The van der Waals surface area contributed by atoms with E-state index in [-0.39, 0.29) is 30.0 Å². The van der Waals surface area contributed by atoms with E-state index in [0.717, 1.165) is 43.2 Å². The number of rotatable bonds is 11. The molecule has 0 radical (unpaired) electrons. The highest BCUT2D eigenvalue weighted by Crippen LogP contribution is 2.42. The highest BCUT2D eigenvalue weighted by Gasteiger charge is 2.42. The average molecular weight is 459 g/mol. The fraction of sp³-hybridized carbons (Fsp3) is 0.750. The number of aliphatic hydroxyl groups excluding tert-OH is 2. The maximum absolute atomic E-state index is 14.6. The molecule has 31 heavy (non-hydrogen) atoms. The minimum atomic E-state index is -2.94. The van der Waals surface area contributed by atoms with Crippen molar-refractivity contribution in [1.29, 1.82) is 0 Å². The molecular formula is C24H37F2O4P. The van der Waals surface area contributed by atoms with Gasteiger partial charge in [0, 0.05) is 19.2 Å². The normalized spacial score (nSPS) is 30.8. The van der Waals surface area contributed by atoms with Crippen LogP contribution >= 0.6 is 7.37 Å². The number of alkyl halides is 1. The lowest BCUT2D eigenvalue weighted by Crippen LogP contribution is -2.26. The van der Waals surface area contributed by atoms with Gasteiger partial charge in [0.25, 0.3) is 0 Å². The number of hydrogen-bond acceptors (Lipinski definition) is 3. The van der Waals surface area contributed by atoms with E-state index in [2.05, 4.69) is 0 Å². The molecule has 1 fully saturated rings. The number of hydrogen-bond donors (Lipinski definition) is 3. The Kier molecular flexibility index (Phi) is 8.71. The lowest BCUT2D eigenvalue weighted by atomic mass is 9.83. The monoisotopic (exact) mass is 458 g/mol. The summed E-state index contributed by atoms with van der Waals surface area (Å²) >= 11 is 0. The summed E-state index contributed by atoms with van der Waals surface area (Å²) in [7, 11) is -2.94. The van der Waals surface area contributed by atoms with Gasteiger partial charge in [0.05, 0.1) is 12.2 Å². The fourth-order valence-corrected chi connectivity index (χ4v) is 6.38. The Labute approximate surface area is 184 Å². The molecular weight excluding hydrogens is 421 g/mol. The van der Waals surface area contributed by atoms with E-state index < -0.39 is 25.7 Å². The van der Waals surface area contributed by atoms with Crippen LogP contribution in [-0.2, 0) is 17.4 Å². The number of halogens is 2. The predicted octanol–water partition coefficient (Wildman–Crippen LogP) is 4.87. The molecule has 0 bridgehead atoms. The van der Waals surface area contributed by atoms with Crippen LogP contribution in [0.15, 0.2) is 18.2 Å². The van der Waals surface area contributed by atoms with Crippen molar-refractivity contribution in [3.8, 4) is 0 Å². The Morgan fingerprint density at radius 3 is 2.55 bits per heavy atom. The highest BCUT2D eigenvalue weighted by atomic mass is 31.2. The zero-order valence-corrected chi connectivity index (χ0v) is 19.3. The number of fused-ring (bicyclic) bond motifs is 1. The first-order valence-electron chi connectivity index (χ1n) is 11.7. The molecule has 0 aliphatic heterocycles. The van der Waals surface area contributed by atoms with Crippen LogP contribution < -0.4 is 0 Å². The van der Waals surface area contributed by atoms with Gasteiger partial charge in [-0.25, -0.2) is 8.78 Å². The maximum atomic E-state index is 14.6. The zero-order chi connectivity index (χ0) is 22.6. The molecule has 1 aromatic carbocycles. The topological polar surface area (TPSA) is 77.8 Å². The first-order chi connectivity index (χ1) is 14.6. The Bertz CT molecular complexity index is 768. The summed E-state index contributed by atoms with van der Waals surface area (Å²) in [4.78, 5) is 9.33. The van der Waals surface area contributed by atoms with Gasteiger partial charge < -0.3 is 15.1 Å². The van der Waals surface area contributed by atoms with Crippen molar-refractivity contribution in [1.82, 2.24) is 0 Å². The molecule has 3 rings (SSSR count). The van der Waals surface area contributed by atoms with Crippen molar-refractivity contribution in [3.63, 3.8) is 0 Å². The quantitative estimate of drug-likeness (QED) is 0.327. The first-order valence-corrected chi connectivity index (χ1v) is 14.0. The molecule has 3 N–H and O–H groups in total. The molecule has 0 heterocycles. The summed E-state index contributed by atoms with van der Waals surface area (Å²) in [6.07, 6.45) is 4.82. The van der Waals surface area contributed by atoms with Crippen LogP contribution in [0.1, 0.15) is 62.5 Å². The number of unbranched alkanes of at least 4 members (excludes halogenated alkanes) is 3. The second kappa shape index (κ2) is 10.9. The van der Waals surface area contributed by atoms with Crippen molar-refractivity contribution in [3.05, 3.63) is 35.1 Å². The summed E-state index contributed by atoms with van der Waals surface area (Å²) in [6, 6.07) is 4.79. The second-order valence-electron chi connectivity index (χ2n) is 9.85. The maximum Gasteiger partial charge on any atom is 0.197 e. The van der Waals surface area contributed by atoms with Crippen molar-refractivity contribution in [2.24, 2.45) is 17.8 Å². The molecule has 3 unspecified atom stereocenters. The molecule has 2 aliphatic carbocycles. The lowest BCUT2D eigenvalue weighted by molar-refractivity contribution is 0.0751. The zero-order valence-electron chi connectivity index (χ0n) is 18.4. The van der Waals surface area contributed by atoms with Crippen LogP contribution in [-0.4, -0.2) is 46.3 Å². The van der Waals surface area contributed by atoms with Crippen LogP contribution in [0, 0.1) is 23.6 Å². The van der Waals surface area contributed by atoms with Gasteiger partial charge in [-0.3, -0.25) is 4.57 Å². The Balaban J connectivity index is 1.43. The lowest BCUT2D eigenvalue weighted by Gasteiger charge is -2.25. The van der Waals surface area contributed by atoms with Gasteiger partial charge in [0.1, 0.15) is 12.0 Å². The Morgan fingerprint density at radius 2 is 1.81 bits per heavy atom. The van der Waals surface area contributed by atoms with E-state index in [1.54, 1.807) is 12.1 Å². The summed E-state index contributed by atoms with van der Waals surface area (Å²) in [6.45, 7) is 1.38. The van der Waals surface area contributed by atoms with Crippen LogP contribution in [0.25, 0.3) is 0 Å². The third kappa shape index (κ3) is 7.08. The highest BCUT2D eigenvalue weighted by molar-refractivity contribution is 7.57. The molecule has 176 valence electrons. The minimum absolute atomic E-state index is 0.0423. The van der Waals surface area contributed by atoms with E-state index >= 15 is 0 Å². The molecule has 0 amide bonds. The first kappa shape index (κ1) is 24.8. The summed E-state index contributed by atoms with van der Waals surface area (Å²) in [5.41, 5.74) is 2.05. The molecule has 4 nitrogen and oxygen atoms in total. The van der Waals surface area contributed by atoms with E-state index in [4.69, 9.17) is 0 Å². The van der Waals surface area contributed by atoms with Gasteiger partial charge in [-0.05, 0) is 79.5 Å². The van der Waals surface area contributed by atoms with Crippen molar-refractivity contribution < 1.29 is 28.5 Å². The van der Waals surface area contributed by atoms with Crippen LogP contribution in [0.3, 0.4) is 0 Å². The number of benzene rings is 1. The van der Waals surface area contributed by atoms with Crippen molar-refractivity contribution in [2.75, 3.05) is 12.8 Å².